The third-order valence-electron chi connectivity index (χ3n) is 13.0. The second kappa shape index (κ2) is 61.6. The Bertz CT molecular complexity index is 1510. The highest BCUT2D eigenvalue weighted by Gasteiger charge is 2.19. The van der Waals surface area contributed by atoms with Gasteiger partial charge in [-0.1, -0.05) is 252 Å². The van der Waals surface area contributed by atoms with Crippen LogP contribution < -0.4 is 0 Å². The monoisotopic (exact) mass is 1030 g/mol. The molecule has 0 fully saturated rings. The van der Waals surface area contributed by atoms with Gasteiger partial charge in [0.2, 0.25) is 0 Å². The molecule has 0 aliphatic heterocycles. The van der Waals surface area contributed by atoms with E-state index >= 15 is 0 Å². The van der Waals surface area contributed by atoms with Crippen LogP contribution in [0.4, 0.5) is 0 Å². The van der Waals surface area contributed by atoms with Crippen LogP contribution in [0.1, 0.15) is 284 Å². The van der Waals surface area contributed by atoms with Crippen molar-refractivity contribution in [3.63, 3.8) is 0 Å². The third-order valence-corrected chi connectivity index (χ3v) is 13.0. The van der Waals surface area contributed by atoms with Crippen LogP contribution in [0.25, 0.3) is 0 Å². The highest BCUT2D eigenvalue weighted by atomic mass is 16.6. The summed E-state index contributed by atoms with van der Waals surface area (Å²) in [4.78, 5) is 38.3. The van der Waals surface area contributed by atoms with Crippen molar-refractivity contribution in [3.05, 3.63) is 109 Å². The first-order valence-corrected chi connectivity index (χ1v) is 30.9. The third kappa shape index (κ3) is 59.0. The van der Waals surface area contributed by atoms with Crippen molar-refractivity contribution in [3.8, 4) is 0 Å². The molecular formula is C68H114O6. The van der Waals surface area contributed by atoms with Crippen LogP contribution >= 0.6 is 0 Å². The fourth-order valence-electron chi connectivity index (χ4n) is 8.42. The maximum Gasteiger partial charge on any atom is 0.306 e. The minimum Gasteiger partial charge on any atom is -0.462 e. The van der Waals surface area contributed by atoms with E-state index in [1.807, 2.05) is 0 Å². The maximum atomic E-state index is 12.9. The molecule has 0 bridgehead atoms. The van der Waals surface area contributed by atoms with Gasteiger partial charge in [0.1, 0.15) is 13.2 Å². The van der Waals surface area contributed by atoms with Gasteiger partial charge in [0.15, 0.2) is 6.10 Å². The van der Waals surface area contributed by atoms with Crippen molar-refractivity contribution in [2.24, 2.45) is 0 Å². The fraction of sp³-hybridized carbons (Fsp3) is 0.691. The minimum atomic E-state index is -0.797. The average Bonchev–Trinajstić information content (AvgIpc) is 3.40. The summed E-state index contributed by atoms with van der Waals surface area (Å²) < 4.78 is 16.9. The molecule has 1 atom stereocenters. The highest BCUT2D eigenvalue weighted by Crippen LogP contribution is 2.15. The van der Waals surface area contributed by atoms with E-state index in [2.05, 4.69) is 130 Å². The molecule has 0 heterocycles. The number of hydrogen-bond acceptors (Lipinski definition) is 6. The molecule has 0 aliphatic carbocycles. The van der Waals surface area contributed by atoms with Crippen molar-refractivity contribution >= 4 is 17.9 Å². The van der Waals surface area contributed by atoms with E-state index in [0.717, 1.165) is 128 Å². The van der Waals surface area contributed by atoms with Gasteiger partial charge in [0, 0.05) is 19.3 Å². The smallest absolute Gasteiger partial charge is 0.306 e. The minimum absolute atomic E-state index is 0.0929. The molecule has 0 aliphatic rings. The van der Waals surface area contributed by atoms with Crippen LogP contribution in [0.15, 0.2) is 109 Å². The second-order valence-electron chi connectivity index (χ2n) is 20.2. The summed E-state index contributed by atoms with van der Waals surface area (Å²) in [5.41, 5.74) is 0. The van der Waals surface area contributed by atoms with Gasteiger partial charge in [-0.3, -0.25) is 14.4 Å². The molecule has 1 unspecified atom stereocenters. The number of carbonyl (C=O) groups excluding carboxylic acids is 3. The lowest BCUT2D eigenvalue weighted by Crippen LogP contribution is -2.30. The Labute approximate surface area is 457 Å². The summed E-state index contributed by atoms with van der Waals surface area (Å²) >= 11 is 0. The molecule has 0 amide bonds. The van der Waals surface area contributed by atoms with Crippen LogP contribution in [-0.2, 0) is 28.6 Å². The van der Waals surface area contributed by atoms with Crippen LogP contribution in [0, 0.1) is 0 Å². The van der Waals surface area contributed by atoms with Gasteiger partial charge >= 0.3 is 17.9 Å². The molecule has 74 heavy (non-hydrogen) atoms. The molecule has 0 saturated heterocycles. The predicted molar refractivity (Wildman–Crippen MR) is 320 cm³/mol. The van der Waals surface area contributed by atoms with Gasteiger partial charge in [-0.25, -0.2) is 0 Å². The summed E-state index contributed by atoms with van der Waals surface area (Å²) in [5, 5.41) is 0. The zero-order valence-corrected chi connectivity index (χ0v) is 48.3. The predicted octanol–water partition coefficient (Wildman–Crippen LogP) is 21.0. The van der Waals surface area contributed by atoms with Crippen LogP contribution in [0.5, 0.6) is 0 Å². The number of allylic oxidation sites excluding steroid dienone is 18. The first-order chi connectivity index (χ1) is 36.5. The highest BCUT2D eigenvalue weighted by molar-refractivity contribution is 5.71. The van der Waals surface area contributed by atoms with Crippen LogP contribution in [0.2, 0.25) is 0 Å². The number of esters is 3. The van der Waals surface area contributed by atoms with E-state index in [0.29, 0.717) is 19.3 Å². The van der Waals surface area contributed by atoms with Crippen molar-refractivity contribution in [2.45, 2.75) is 290 Å². The zero-order valence-electron chi connectivity index (χ0n) is 48.3. The summed E-state index contributed by atoms with van der Waals surface area (Å²) in [5.74, 6) is -0.923. The van der Waals surface area contributed by atoms with Crippen molar-refractivity contribution < 1.29 is 28.6 Å². The molecule has 6 heteroatoms. The largest absolute Gasteiger partial charge is 0.462 e. The Hall–Kier alpha value is -3.93. The number of carbonyl (C=O) groups is 3. The van der Waals surface area contributed by atoms with E-state index < -0.39 is 6.10 Å². The zero-order chi connectivity index (χ0) is 53.6. The second-order valence-corrected chi connectivity index (χ2v) is 20.2. The topological polar surface area (TPSA) is 78.9 Å². The first-order valence-electron chi connectivity index (χ1n) is 30.9. The molecular weight excluding hydrogens is 913 g/mol. The normalized spacial score (nSPS) is 12.9. The Kier molecular flexibility index (Phi) is 58.3. The van der Waals surface area contributed by atoms with E-state index in [9.17, 15) is 14.4 Å². The quantitative estimate of drug-likeness (QED) is 0.0261. The first kappa shape index (κ1) is 70.1. The Morgan fingerprint density at radius 3 is 0.838 bits per heavy atom. The van der Waals surface area contributed by atoms with Gasteiger partial charge < -0.3 is 14.2 Å². The summed E-state index contributed by atoms with van der Waals surface area (Å²) in [6, 6.07) is 0. The van der Waals surface area contributed by atoms with Gasteiger partial charge in [0.25, 0.3) is 0 Å². The molecule has 0 saturated carbocycles. The molecule has 0 N–H and O–H groups in total. The lowest BCUT2D eigenvalue weighted by atomic mass is 10.1. The SMILES string of the molecule is CC/C=C\C/C=C\C/C=C\C/C=C\CCCCCCCCCCC(=O)OCC(COC(=O)CCCCCC/C=C\C/C=C\C/C=C\C/C=C\CC)OC(=O)CCCCCCCCC/C=C\CCCCCCCCC. The van der Waals surface area contributed by atoms with E-state index in [-0.39, 0.29) is 31.1 Å². The van der Waals surface area contributed by atoms with Crippen molar-refractivity contribution in [1.82, 2.24) is 0 Å². The lowest BCUT2D eigenvalue weighted by molar-refractivity contribution is -0.167. The Morgan fingerprint density at radius 2 is 0.527 bits per heavy atom. The van der Waals surface area contributed by atoms with Gasteiger partial charge in [-0.05, 0) is 122 Å². The number of ether oxygens (including phenoxy) is 3. The van der Waals surface area contributed by atoms with Gasteiger partial charge in [0.05, 0.1) is 0 Å². The van der Waals surface area contributed by atoms with Crippen LogP contribution in [-0.4, -0.2) is 37.2 Å². The van der Waals surface area contributed by atoms with E-state index in [4.69, 9.17) is 14.2 Å². The van der Waals surface area contributed by atoms with E-state index in [1.165, 1.54) is 116 Å². The van der Waals surface area contributed by atoms with Crippen molar-refractivity contribution in [1.29, 1.82) is 0 Å². The van der Waals surface area contributed by atoms with Crippen LogP contribution in [0.3, 0.4) is 0 Å². The number of hydrogen-bond donors (Lipinski definition) is 0. The molecule has 6 nitrogen and oxygen atoms in total. The van der Waals surface area contributed by atoms with Crippen molar-refractivity contribution in [2.75, 3.05) is 13.2 Å². The number of rotatable bonds is 55. The molecule has 0 spiro atoms. The molecule has 0 aromatic carbocycles. The molecule has 0 aromatic heterocycles. The van der Waals surface area contributed by atoms with E-state index in [1.54, 1.807) is 0 Å². The standard InChI is InChI=1S/C68H114O6/c1-4-7-10-13-16-19-22-25-28-31-33-34-35-38-40-43-46-49-52-55-58-61-67(70)73-64-65(63-72-66(69)60-57-54-51-48-45-42-39-36-30-27-24-21-18-15-12-9-6-3)74-68(71)62-59-56-53-50-47-44-41-37-32-29-26-23-20-17-14-11-8-5-2/h7,9-10,12,16,18-19,21,25,27-30,32-34,39,42,65H,4-6,8,11,13-15,17,20,22-24,26,31,35-38,40-41,43-64H2,1-3H3/b10-7-,12-9-,19-16-,21-18-,28-25-,30-27-,32-29-,34-33-,42-39-. The molecule has 0 rings (SSSR count). The Balaban J connectivity index is 4.44. The Morgan fingerprint density at radius 1 is 0.284 bits per heavy atom. The average molecular weight is 1030 g/mol. The van der Waals surface area contributed by atoms with Gasteiger partial charge in [-0.15, -0.1) is 0 Å². The molecule has 0 aromatic rings. The summed E-state index contributed by atoms with van der Waals surface area (Å²) in [6.07, 6.45) is 83.7. The van der Waals surface area contributed by atoms with Gasteiger partial charge in [-0.2, -0.15) is 0 Å². The summed E-state index contributed by atoms with van der Waals surface area (Å²) in [6.45, 7) is 6.40. The lowest BCUT2D eigenvalue weighted by Gasteiger charge is -2.18. The maximum absolute atomic E-state index is 12.9. The summed E-state index contributed by atoms with van der Waals surface area (Å²) in [7, 11) is 0. The number of unbranched alkanes of at least 4 members (excludes halogenated alkanes) is 26. The molecule has 422 valence electrons. The fourth-order valence-corrected chi connectivity index (χ4v) is 8.42. The molecule has 0 radical (unpaired) electrons.